The van der Waals surface area contributed by atoms with Gasteiger partial charge < -0.3 is 5.32 Å². The Morgan fingerprint density at radius 3 is 3.36 bits per heavy atom. The molecule has 2 heterocycles. The quantitative estimate of drug-likeness (QED) is 0.597. The van der Waals surface area contributed by atoms with Crippen LogP contribution in [0.5, 0.6) is 0 Å². The third kappa shape index (κ3) is 1.24. The fourth-order valence-corrected chi connectivity index (χ4v) is 1.80. The second-order valence-corrected chi connectivity index (χ2v) is 3.35. The van der Waals surface area contributed by atoms with Gasteiger partial charge in [0.25, 0.3) is 0 Å². The number of thiocarbonyl (C=S) groups is 1. The molecule has 1 aliphatic rings. The highest BCUT2D eigenvalue weighted by atomic mass is 32.1. The number of nitrogens with zero attached hydrogens (tertiary/aromatic N) is 1. The lowest BCUT2D eigenvalue weighted by Gasteiger charge is -2.00. The lowest BCUT2D eigenvalue weighted by Crippen LogP contribution is -2.21. The van der Waals surface area contributed by atoms with Crippen LogP contribution in [0.2, 0.25) is 0 Å². The van der Waals surface area contributed by atoms with Gasteiger partial charge in [-0.1, -0.05) is 0 Å². The van der Waals surface area contributed by atoms with Gasteiger partial charge in [0.15, 0.2) is 5.11 Å². The first-order valence-electron chi connectivity index (χ1n) is 3.04. The lowest BCUT2D eigenvalue weighted by atomic mass is 10.3. The molecule has 56 valence electrons. The van der Waals surface area contributed by atoms with Crippen LogP contribution >= 0.6 is 23.6 Å². The smallest absolute Gasteiger partial charge is 0.192 e. The van der Waals surface area contributed by atoms with Gasteiger partial charge in [0.05, 0.1) is 6.21 Å². The molecule has 0 radical (unpaired) electrons. The highest BCUT2D eigenvalue weighted by Crippen LogP contribution is 2.22. The summed E-state index contributed by atoms with van der Waals surface area (Å²) in [6.07, 6.45) is 1.75. The molecule has 0 unspecified atom stereocenters. The number of hydrogen-bond acceptors (Lipinski definition) is 3. The predicted octanol–water partition coefficient (Wildman–Crippen LogP) is 1.38. The molecule has 3 nitrogen and oxygen atoms in total. The maximum Gasteiger partial charge on any atom is 0.192 e. The molecule has 1 aliphatic heterocycles. The summed E-state index contributed by atoms with van der Waals surface area (Å²) in [5.41, 5.74) is 3.75. The van der Waals surface area contributed by atoms with E-state index in [2.05, 4.69) is 15.8 Å². The first kappa shape index (κ1) is 6.75. The largest absolute Gasteiger partial charge is 0.322 e. The van der Waals surface area contributed by atoms with Crippen LogP contribution in [0.3, 0.4) is 0 Å². The van der Waals surface area contributed by atoms with E-state index in [-0.39, 0.29) is 0 Å². The van der Waals surface area contributed by atoms with Crippen LogP contribution in [0, 0.1) is 0 Å². The van der Waals surface area contributed by atoms with Crippen LogP contribution < -0.4 is 10.7 Å². The van der Waals surface area contributed by atoms with Gasteiger partial charge in [0.2, 0.25) is 0 Å². The Morgan fingerprint density at radius 1 is 1.55 bits per heavy atom. The zero-order valence-electron chi connectivity index (χ0n) is 5.50. The van der Waals surface area contributed by atoms with E-state index < -0.39 is 0 Å². The Labute approximate surface area is 73.1 Å². The topological polar surface area (TPSA) is 36.4 Å². The van der Waals surface area contributed by atoms with Crippen LogP contribution in [0.1, 0.15) is 5.56 Å². The molecule has 1 aromatic heterocycles. The van der Waals surface area contributed by atoms with E-state index in [1.54, 1.807) is 17.6 Å². The minimum atomic E-state index is 0.544. The van der Waals surface area contributed by atoms with Gasteiger partial charge in [-0.05, 0) is 23.7 Å². The van der Waals surface area contributed by atoms with Gasteiger partial charge in [0, 0.05) is 5.56 Å². The molecular weight excluding hydrogens is 178 g/mol. The molecule has 0 aromatic carbocycles. The van der Waals surface area contributed by atoms with Crippen molar-refractivity contribution >= 4 is 39.9 Å². The monoisotopic (exact) mass is 183 g/mol. The second-order valence-electron chi connectivity index (χ2n) is 2.03. The zero-order chi connectivity index (χ0) is 7.68. The van der Waals surface area contributed by atoms with E-state index >= 15 is 0 Å². The van der Waals surface area contributed by atoms with Gasteiger partial charge >= 0.3 is 0 Å². The fourth-order valence-electron chi connectivity index (χ4n) is 0.814. The molecule has 11 heavy (non-hydrogen) atoms. The summed E-state index contributed by atoms with van der Waals surface area (Å²) >= 11 is 6.52. The Morgan fingerprint density at radius 2 is 2.45 bits per heavy atom. The highest BCUT2D eigenvalue weighted by molar-refractivity contribution is 7.80. The molecule has 2 N–H and O–H groups in total. The molecule has 1 aromatic rings. The SMILES string of the molecule is S=C1NN=Cc2ccsc2N1. The van der Waals surface area contributed by atoms with E-state index in [1.807, 2.05) is 11.4 Å². The molecule has 0 saturated carbocycles. The summed E-state index contributed by atoms with van der Waals surface area (Å²) in [7, 11) is 0. The summed E-state index contributed by atoms with van der Waals surface area (Å²) in [4.78, 5) is 0. The van der Waals surface area contributed by atoms with Gasteiger partial charge in [-0.2, -0.15) is 5.10 Å². The van der Waals surface area contributed by atoms with Gasteiger partial charge in [-0.3, -0.25) is 5.43 Å². The minimum Gasteiger partial charge on any atom is -0.322 e. The zero-order valence-corrected chi connectivity index (χ0v) is 7.13. The normalized spacial score (nSPS) is 14.7. The Kier molecular flexibility index (Phi) is 1.59. The van der Waals surface area contributed by atoms with Crippen molar-refractivity contribution < 1.29 is 0 Å². The first-order chi connectivity index (χ1) is 5.36. The van der Waals surface area contributed by atoms with Crippen molar-refractivity contribution in [3.05, 3.63) is 17.0 Å². The highest BCUT2D eigenvalue weighted by Gasteiger charge is 2.06. The van der Waals surface area contributed by atoms with Gasteiger partial charge in [0.1, 0.15) is 5.00 Å². The van der Waals surface area contributed by atoms with Crippen LogP contribution in [-0.2, 0) is 0 Å². The van der Waals surface area contributed by atoms with E-state index in [4.69, 9.17) is 12.2 Å². The van der Waals surface area contributed by atoms with Crippen LogP contribution in [-0.4, -0.2) is 11.3 Å². The second kappa shape index (κ2) is 2.60. The average molecular weight is 183 g/mol. The molecule has 0 bridgehead atoms. The average Bonchev–Trinajstić information content (AvgIpc) is 2.31. The third-order valence-corrected chi connectivity index (χ3v) is 2.33. The van der Waals surface area contributed by atoms with Crippen molar-refractivity contribution in [2.75, 3.05) is 5.32 Å². The Hall–Kier alpha value is -0.940. The summed E-state index contributed by atoms with van der Waals surface area (Å²) in [5.74, 6) is 0. The van der Waals surface area contributed by atoms with Crippen LogP contribution in [0.4, 0.5) is 5.00 Å². The van der Waals surface area contributed by atoms with Crippen molar-refractivity contribution in [2.24, 2.45) is 5.10 Å². The maximum atomic E-state index is 4.91. The number of thiophene rings is 1. The number of hydrogen-bond donors (Lipinski definition) is 2. The summed E-state index contributed by atoms with van der Waals surface area (Å²) in [6, 6.07) is 1.99. The minimum absolute atomic E-state index is 0.544. The van der Waals surface area contributed by atoms with Crippen molar-refractivity contribution in [1.29, 1.82) is 0 Å². The number of nitrogens with one attached hydrogen (secondary N) is 2. The van der Waals surface area contributed by atoms with Crippen LogP contribution in [0.15, 0.2) is 16.5 Å². The van der Waals surface area contributed by atoms with E-state index in [9.17, 15) is 0 Å². The van der Waals surface area contributed by atoms with Gasteiger partial charge in [-0.25, -0.2) is 0 Å². The molecular formula is C6H5N3S2. The number of rotatable bonds is 0. The summed E-state index contributed by atoms with van der Waals surface area (Å²) < 4.78 is 0. The van der Waals surface area contributed by atoms with Crippen molar-refractivity contribution in [2.45, 2.75) is 0 Å². The summed E-state index contributed by atoms with van der Waals surface area (Å²) in [6.45, 7) is 0. The number of anilines is 1. The van der Waals surface area contributed by atoms with Crippen molar-refractivity contribution in [3.8, 4) is 0 Å². The molecule has 0 spiro atoms. The molecule has 2 rings (SSSR count). The van der Waals surface area contributed by atoms with E-state index in [0.717, 1.165) is 10.6 Å². The number of hydrazone groups is 1. The van der Waals surface area contributed by atoms with Crippen molar-refractivity contribution in [3.63, 3.8) is 0 Å². The molecule has 0 amide bonds. The van der Waals surface area contributed by atoms with Gasteiger partial charge in [-0.15, -0.1) is 11.3 Å². The van der Waals surface area contributed by atoms with E-state index in [1.165, 1.54) is 0 Å². The predicted molar refractivity (Wildman–Crippen MR) is 51.3 cm³/mol. The molecule has 0 fully saturated rings. The molecule has 0 atom stereocenters. The molecule has 5 heteroatoms. The Bertz CT molecular complexity index is 315. The summed E-state index contributed by atoms with van der Waals surface area (Å²) in [5, 5.41) is 10.5. The fraction of sp³-hybridized carbons (Fsp3) is 0. The molecule has 0 saturated heterocycles. The third-order valence-electron chi connectivity index (χ3n) is 1.29. The molecule has 0 aliphatic carbocycles. The first-order valence-corrected chi connectivity index (χ1v) is 4.32. The Balaban J connectivity index is 2.44. The number of fused-ring (bicyclic) bond motifs is 1. The van der Waals surface area contributed by atoms with Crippen molar-refractivity contribution in [1.82, 2.24) is 5.43 Å². The van der Waals surface area contributed by atoms with Crippen LogP contribution in [0.25, 0.3) is 0 Å². The standard InChI is InChI=1S/C6H5N3S2/c10-6-8-5-4(1-2-11-5)3-7-9-6/h1-3H,(H2,8,9,10). The van der Waals surface area contributed by atoms with E-state index in [0.29, 0.717) is 5.11 Å². The maximum absolute atomic E-state index is 4.91. The lowest BCUT2D eigenvalue weighted by molar-refractivity contribution is 1.06.